The molecule has 2 heteroatoms. The SMILES string of the molecule is CCCc1nc(C(C)C)c(C)s1. The van der Waals surface area contributed by atoms with E-state index in [4.69, 9.17) is 0 Å². The molecule has 0 atom stereocenters. The van der Waals surface area contributed by atoms with Gasteiger partial charge in [-0.25, -0.2) is 4.98 Å². The third-order valence-corrected chi connectivity index (χ3v) is 2.93. The van der Waals surface area contributed by atoms with Crippen molar-refractivity contribution in [1.82, 2.24) is 4.98 Å². The van der Waals surface area contributed by atoms with Gasteiger partial charge in [0, 0.05) is 4.88 Å². The van der Waals surface area contributed by atoms with Crippen molar-refractivity contribution in [2.24, 2.45) is 0 Å². The smallest absolute Gasteiger partial charge is 0.0931 e. The summed E-state index contributed by atoms with van der Waals surface area (Å²) in [5.74, 6) is 0.576. The highest BCUT2D eigenvalue weighted by atomic mass is 32.1. The third-order valence-electron chi connectivity index (χ3n) is 1.89. The van der Waals surface area contributed by atoms with E-state index in [1.54, 1.807) is 0 Å². The summed E-state index contributed by atoms with van der Waals surface area (Å²) in [4.78, 5) is 6.01. The lowest BCUT2D eigenvalue weighted by Gasteiger charge is -1.99. The fourth-order valence-electron chi connectivity index (χ4n) is 1.32. The molecule has 0 amide bonds. The summed E-state index contributed by atoms with van der Waals surface area (Å²) in [6.45, 7) is 8.79. The molecule has 1 aromatic rings. The van der Waals surface area contributed by atoms with Crippen LogP contribution in [0.25, 0.3) is 0 Å². The molecular formula is C10H17NS. The maximum Gasteiger partial charge on any atom is 0.0931 e. The number of rotatable bonds is 3. The average molecular weight is 183 g/mol. The molecule has 0 saturated carbocycles. The Morgan fingerprint density at radius 1 is 1.42 bits per heavy atom. The van der Waals surface area contributed by atoms with E-state index in [9.17, 15) is 0 Å². The van der Waals surface area contributed by atoms with E-state index < -0.39 is 0 Å². The lowest BCUT2D eigenvalue weighted by Crippen LogP contribution is -1.90. The molecule has 68 valence electrons. The van der Waals surface area contributed by atoms with Gasteiger partial charge in [-0.1, -0.05) is 20.8 Å². The summed E-state index contributed by atoms with van der Waals surface area (Å²) in [7, 11) is 0. The Balaban J connectivity index is 2.85. The first-order valence-electron chi connectivity index (χ1n) is 4.61. The second kappa shape index (κ2) is 4.04. The lowest BCUT2D eigenvalue weighted by atomic mass is 10.1. The van der Waals surface area contributed by atoms with Crippen LogP contribution < -0.4 is 0 Å². The fraction of sp³-hybridized carbons (Fsp3) is 0.700. The number of thiazole rings is 1. The highest BCUT2D eigenvalue weighted by Crippen LogP contribution is 2.24. The molecule has 0 fully saturated rings. The van der Waals surface area contributed by atoms with Crippen LogP contribution in [0.4, 0.5) is 0 Å². The first kappa shape index (κ1) is 9.72. The minimum atomic E-state index is 0.576. The van der Waals surface area contributed by atoms with Crippen LogP contribution in [0.15, 0.2) is 0 Å². The van der Waals surface area contributed by atoms with Gasteiger partial charge in [-0.05, 0) is 25.7 Å². The molecule has 1 aromatic heterocycles. The molecule has 0 radical (unpaired) electrons. The largest absolute Gasteiger partial charge is 0.246 e. The second-order valence-corrected chi connectivity index (χ2v) is 4.74. The summed E-state index contributed by atoms with van der Waals surface area (Å²) >= 11 is 1.86. The highest BCUT2D eigenvalue weighted by molar-refractivity contribution is 7.11. The van der Waals surface area contributed by atoms with Gasteiger partial charge < -0.3 is 0 Å². The molecule has 0 unspecified atom stereocenters. The first-order chi connectivity index (χ1) is 5.65. The van der Waals surface area contributed by atoms with Crippen molar-refractivity contribution in [2.75, 3.05) is 0 Å². The summed E-state index contributed by atoms with van der Waals surface area (Å²) in [6, 6.07) is 0. The van der Waals surface area contributed by atoms with Crippen LogP contribution in [0.5, 0.6) is 0 Å². The molecule has 0 spiro atoms. The van der Waals surface area contributed by atoms with E-state index in [0.29, 0.717) is 5.92 Å². The molecule has 0 saturated heterocycles. The molecule has 0 aliphatic carbocycles. The molecule has 0 aliphatic rings. The van der Waals surface area contributed by atoms with E-state index in [1.165, 1.54) is 22.0 Å². The number of nitrogens with zero attached hydrogens (tertiary/aromatic N) is 1. The maximum absolute atomic E-state index is 4.62. The van der Waals surface area contributed by atoms with Gasteiger partial charge in [0.15, 0.2) is 0 Å². The van der Waals surface area contributed by atoms with E-state index in [2.05, 4.69) is 32.7 Å². The second-order valence-electron chi connectivity index (χ2n) is 3.45. The van der Waals surface area contributed by atoms with Crippen molar-refractivity contribution in [2.45, 2.75) is 46.5 Å². The Morgan fingerprint density at radius 2 is 2.08 bits per heavy atom. The monoisotopic (exact) mass is 183 g/mol. The summed E-state index contributed by atoms with van der Waals surface area (Å²) in [6.07, 6.45) is 2.34. The van der Waals surface area contributed by atoms with Crippen LogP contribution in [0.1, 0.15) is 48.7 Å². The molecule has 1 rings (SSSR count). The predicted molar refractivity (Wildman–Crippen MR) is 54.9 cm³/mol. The number of hydrogen-bond acceptors (Lipinski definition) is 2. The van der Waals surface area contributed by atoms with Gasteiger partial charge in [-0.15, -0.1) is 11.3 Å². The van der Waals surface area contributed by atoms with Gasteiger partial charge in [0.2, 0.25) is 0 Å². The Kier molecular flexibility index (Phi) is 3.27. The number of aromatic nitrogens is 1. The fourth-order valence-corrected chi connectivity index (χ4v) is 2.51. The Bertz CT molecular complexity index is 250. The molecule has 0 aliphatic heterocycles. The van der Waals surface area contributed by atoms with Crippen LogP contribution in [-0.2, 0) is 6.42 Å². The summed E-state index contributed by atoms with van der Waals surface area (Å²) in [5, 5.41) is 1.30. The van der Waals surface area contributed by atoms with E-state index in [1.807, 2.05) is 11.3 Å². The molecule has 1 heterocycles. The van der Waals surface area contributed by atoms with Crippen LogP contribution in [0.2, 0.25) is 0 Å². The maximum atomic E-state index is 4.62. The van der Waals surface area contributed by atoms with Gasteiger partial charge in [0.1, 0.15) is 0 Å². The predicted octanol–water partition coefficient (Wildman–Crippen LogP) is 3.53. The average Bonchev–Trinajstić information content (AvgIpc) is 2.32. The number of hydrogen-bond donors (Lipinski definition) is 0. The first-order valence-corrected chi connectivity index (χ1v) is 5.43. The third kappa shape index (κ3) is 2.07. The molecule has 0 N–H and O–H groups in total. The Hall–Kier alpha value is -0.370. The van der Waals surface area contributed by atoms with Gasteiger partial charge in [0.05, 0.1) is 10.7 Å². The van der Waals surface area contributed by atoms with Gasteiger partial charge in [-0.2, -0.15) is 0 Å². The van der Waals surface area contributed by atoms with Gasteiger partial charge >= 0.3 is 0 Å². The normalized spacial score (nSPS) is 11.1. The zero-order valence-electron chi connectivity index (χ0n) is 8.35. The molecule has 1 nitrogen and oxygen atoms in total. The van der Waals surface area contributed by atoms with Gasteiger partial charge in [0.25, 0.3) is 0 Å². The van der Waals surface area contributed by atoms with Gasteiger partial charge in [-0.3, -0.25) is 0 Å². The van der Waals surface area contributed by atoms with Crippen molar-refractivity contribution in [3.05, 3.63) is 15.6 Å². The zero-order valence-corrected chi connectivity index (χ0v) is 9.16. The standard InChI is InChI=1S/C10H17NS/c1-5-6-9-11-10(7(2)3)8(4)12-9/h7H,5-6H2,1-4H3. The minimum absolute atomic E-state index is 0.576. The lowest BCUT2D eigenvalue weighted by molar-refractivity contribution is 0.806. The van der Waals surface area contributed by atoms with E-state index in [-0.39, 0.29) is 0 Å². The Morgan fingerprint density at radius 3 is 2.50 bits per heavy atom. The molecule has 0 aromatic carbocycles. The van der Waals surface area contributed by atoms with E-state index in [0.717, 1.165) is 6.42 Å². The highest BCUT2D eigenvalue weighted by Gasteiger charge is 2.09. The quantitative estimate of drug-likeness (QED) is 0.698. The van der Waals surface area contributed by atoms with Crippen molar-refractivity contribution in [3.8, 4) is 0 Å². The van der Waals surface area contributed by atoms with Crippen LogP contribution in [0, 0.1) is 6.92 Å². The molecule has 0 bridgehead atoms. The minimum Gasteiger partial charge on any atom is -0.246 e. The van der Waals surface area contributed by atoms with Crippen LogP contribution in [-0.4, -0.2) is 4.98 Å². The van der Waals surface area contributed by atoms with Crippen LogP contribution >= 0.6 is 11.3 Å². The van der Waals surface area contributed by atoms with Crippen molar-refractivity contribution in [1.29, 1.82) is 0 Å². The summed E-state index contributed by atoms with van der Waals surface area (Å²) < 4.78 is 0. The topological polar surface area (TPSA) is 12.9 Å². The van der Waals surface area contributed by atoms with Crippen molar-refractivity contribution >= 4 is 11.3 Å². The van der Waals surface area contributed by atoms with Crippen LogP contribution in [0.3, 0.4) is 0 Å². The number of aryl methyl sites for hydroxylation is 2. The zero-order chi connectivity index (χ0) is 9.14. The molecular weight excluding hydrogens is 166 g/mol. The van der Waals surface area contributed by atoms with Crippen molar-refractivity contribution < 1.29 is 0 Å². The van der Waals surface area contributed by atoms with Crippen molar-refractivity contribution in [3.63, 3.8) is 0 Å². The molecule has 12 heavy (non-hydrogen) atoms. The van der Waals surface area contributed by atoms with E-state index >= 15 is 0 Å². The summed E-state index contributed by atoms with van der Waals surface area (Å²) in [5.41, 5.74) is 1.29. The Labute approximate surface area is 78.8 Å².